The Labute approximate surface area is 140 Å². The van der Waals surface area contributed by atoms with Gasteiger partial charge < -0.3 is 21.7 Å². The maximum atomic E-state index is 12.5. The van der Waals surface area contributed by atoms with Gasteiger partial charge in [-0.1, -0.05) is 42.5 Å². The van der Waals surface area contributed by atoms with Gasteiger partial charge in [0.05, 0.1) is 6.04 Å². The van der Waals surface area contributed by atoms with Crippen molar-refractivity contribution in [3.8, 4) is 0 Å². The zero-order valence-corrected chi connectivity index (χ0v) is 13.3. The van der Waals surface area contributed by atoms with Crippen molar-refractivity contribution in [3.05, 3.63) is 59.7 Å². The number of carbonyl (C=O) groups is 2. The van der Waals surface area contributed by atoms with E-state index in [9.17, 15) is 14.7 Å². The first kappa shape index (κ1) is 18.1. The molecule has 1 aromatic rings. The number of aliphatic carboxylic acids is 1. The number of rotatable bonds is 7. The first-order valence-corrected chi connectivity index (χ1v) is 7.74. The molecule has 2 rings (SSSR count). The average molecular weight is 330 g/mol. The second-order valence-electron chi connectivity index (χ2n) is 6.05. The molecule has 1 aliphatic rings. The van der Waals surface area contributed by atoms with Gasteiger partial charge in [-0.2, -0.15) is 0 Å². The largest absolute Gasteiger partial charge is 0.480 e. The Morgan fingerprint density at radius 3 is 2.33 bits per heavy atom. The third-order valence-electron chi connectivity index (χ3n) is 4.08. The number of carboxylic acid groups (broad SMARTS) is 1. The second kappa shape index (κ2) is 7.53. The van der Waals surface area contributed by atoms with Gasteiger partial charge in [0, 0.05) is 6.42 Å². The molecular weight excluding hydrogens is 308 g/mol. The Morgan fingerprint density at radius 2 is 1.79 bits per heavy atom. The molecular formula is C18H22N2O4. The number of ketones is 1. The number of nitrogens with two attached hydrogens (primary N) is 2. The van der Waals surface area contributed by atoms with Crippen LogP contribution in [0.15, 0.2) is 54.1 Å². The zero-order valence-electron chi connectivity index (χ0n) is 13.3. The Kier molecular flexibility index (Phi) is 5.66. The minimum absolute atomic E-state index is 0.0620. The molecule has 0 saturated heterocycles. The molecule has 0 aromatic heterocycles. The maximum Gasteiger partial charge on any atom is 0.320 e. The lowest BCUT2D eigenvalue weighted by molar-refractivity contribution is -0.138. The third kappa shape index (κ3) is 4.38. The summed E-state index contributed by atoms with van der Waals surface area (Å²) in [5.41, 5.74) is 11.4. The van der Waals surface area contributed by atoms with Crippen LogP contribution in [0.3, 0.4) is 0 Å². The predicted molar refractivity (Wildman–Crippen MR) is 90.1 cm³/mol. The zero-order chi connectivity index (χ0) is 17.7. The number of carboxylic acids is 1. The number of aliphatic hydroxyl groups is 1. The van der Waals surface area contributed by atoms with Crippen molar-refractivity contribution in [2.24, 2.45) is 11.5 Å². The highest BCUT2D eigenvalue weighted by Crippen LogP contribution is 2.25. The fourth-order valence-corrected chi connectivity index (χ4v) is 2.62. The molecule has 1 unspecified atom stereocenters. The molecule has 1 aromatic carbocycles. The van der Waals surface area contributed by atoms with Crippen LogP contribution in [-0.2, 0) is 16.0 Å². The summed E-state index contributed by atoms with van der Waals surface area (Å²) in [6.07, 6.45) is 5.11. The molecule has 0 saturated carbocycles. The lowest BCUT2D eigenvalue weighted by Crippen LogP contribution is -2.48. The molecule has 24 heavy (non-hydrogen) atoms. The molecule has 6 N–H and O–H groups in total. The van der Waals surface area contributed by atoms with Crippen molar-refractivity contribution in [2.75, 3.05) is 0 Å². The molecule has 6 nitrogen and oxygen atoms in total. The van der Waals surface area contributed by atoms with Crippen molar-refractivity contribution < 1.29 is 19.8 Å². The predicted octanol–water partition coefficient (Wildman–Crippen LogP) is 0.545. The lowest BCUT2D eigenvalue weighted by Gasteiger charge is -2.28. The van der Waals surface area contributed by atoms with E-state index in [2.05, 4.69) is 0 Å². The van der Waals surface area contributed by atoms with E-state index in [0.29, 0.717) is 12.0 Å². The highest BCUT2D eigenvalue weighted by molar-refractivity contribution is 5.94. The fourth-order valence-electron chi connectivity index (χ4n) is 2.62. The van der Waals surface area contributed by atoms with Gasteiger partial charge in [-0.15, -0.1) is 0 Å². The van der Waals surface area contributed by atoms with E-state index >= 15 is 0 Å². The molecule has 6 heteroatoms. The first-order chi connectivity index (χ1) is 11.3. The van der Waals surface area contributed by atoms with Crippen LogP contribution in [0.1, 0.15) is 18.4 Å². The molecule has 0 fully saturated rings. The summed E-state index contributed by atoms with van der Waals surface area (Å²) < 4.78 is 0. The second-order valence-corrected chi connectivity index (χ2v) is 6.05. The Balaban J connectivity index is 1.99. The molecule has 0 heterocycles. The van der Waals surface area contributed by atoms with Crippen LogP contribution in [0.5, 0.6) is 0 Å². The third-order valence-corrected chi connectivity index (χ3v) is 4.08. The van der Waals surface area contributed by atoms with Crippen molar-refractivity contribution >= 4 is 11.8 Å². The van der Waals surface area contributed by atoms with Crippen LogP contribution in [0, 0.1) is 0 Å². The molecule has 0 aliphatic heterocycles. The van der Waals surface area contributed by atoms with Crippen LogP contribution in [0.4, 0.5) is 0 Å². The van der Waals surface area contributed by atoms with E-state index < -0.39 is 29.4 Å². The van der Waals surface area contributed by atoms with E-state index in [0.717, 1.165) is 5.56 Å². The fraction of sp³-hybridized carbons (Fsp3) is 0.333. The van der Waals surface area contributed by atoms with Gasteiger partial charge in [0.25, 0.3) is 0 Å². The summed E-state index contributed by atoms with van der Waals surface area (Å²) >= 11 is 0. The normalized spacial score (nSPS) is 22.5. The van der Waals surface area contributed by atoms with Gasteiger partial charge >= 0.3 is 5.97 Å². The highest BCUT2D eigenvalue weighted by Gasteiger charge is 2.37. The van der Waals surface area contributed by atoms with E-state index in [1.807, 2.05) is 30.3 Å². The van der Waals surface area contributed by atoms with Crippen molar-refractivity contribution in [2.45, 2.75) is 36.9 Å². The molecule has 3 atom stereocenters. The van der Waals surface area contributed by atoms with E-state index in [4.69, 9.17) is 16.6 Å². The van der Waals surface area contributed by atoms with Gasteiger partial charge in [-0.05, 0) is 30.1 Å². The van der Waals surface area contributed by atoms with Gasteiger partial charge in [0.1, 0.15) is 11.6 Å². The topological polar surface area (TPSA) is 127 Å². The number of benzene rings is 1. The van der Waals surface area contributed by atoms with Crippen molar-refractivity contribution in [1.29, 1.82) is 0 Å². The number of carbonyl (C=O) groups excluding carboxylic acids is 1. The van der Waals surface area contributed by atoms with E-state index in [1.165, 1.54) is 6.08 Å². The Bertz CT molecular complexity index is 669. The van der Waals surface area contributed by atoms with Gasteiger partial charge in [0.15, 0.2) is 5.78 Å². The SMILES string of the molecule is N[C@@H](CC1=CCC(O)(C(=O)[C@@H](N)Cc2ccccc2)C=C1)C(=O)O. The number of Topliss-reactive ketones (excluding diaryl/α,β-unsaturated/α-hetero) is 1. The van der Waals surface area contributed by atoms with Gasteiger partial charge in [0.2, 0.25) is 0 Å². The lowest BCUT2D eigenvalue weighted by atomic mass is 9.83. The van der Waals surface area contributed by atoms with Crippen LogP contribution in [-0.4, -0.2) is 39.7 Å². The van der Waals surface area contributed by atoms with E-state index in [1.54, 1.807) is 12.2 Å². The smallest absolute Gasteiger partial charge is 0.320 e. The van der Waals surface area contributed by atoms with Crippen LogP contribution in [0.2, 0.25) is 0 Å². The summed E-state index contributed by atoms with van der Waals surface area (Å²) in [5, 5.41) is 19.4. The standard InChI is InChI=1S/C18H22N2O4/c19-14(10-12-4-2-1-3-5-12)16(21)18(24)8-6-13(7-9-18)11-15(20)17(22)23/h1-8,14-15,24H,9-11,19-20H2,(H,22,23)/t14-,15-,18?/m0/s1. The maximum absolute atomic E-state index is 12.5. The van der Waals surface area contributed by atoms with Gasteiger partial charge in [-0.3, -0.25) is 9.59 Å². The molecule has 0 radical (unpaired) electrons. The first-order valence-electron chi connectivity index (χ1n) is 7.74. The minimum atomic E-state index is -1.66. The minimum Gasteiger partial charge on any atom is -0.480 e. The summed E-state index contributed by atoms with van der Waals surface area (Å²) in [7, 11) is 0. The summed E-state index contributed by atoms with van der Waals surface area (Å²) in [5.74, 6) is -1.55. The van der Waals surface area contributed by atoms with E-state index in [-0.39, 0.29) is 12.8 Å². The monoisotopic (exact) mass is 330 g/mol. The van der Waals surface area contributed by atoms with Gasteiger partial charge in [-0.25, -0.2) is 0 Å². The van der Waals surface area contributed by atoms with Crippen LogP contribution >= 0.6 is 0 Å². The Morgan fingerprint density at radius 1 is 1.12 bits per heavy atom. The van der Waals surface area contributed by atoms with Crippen LogP contribution in [0.25, 0.3) is 0 Å². The van der Waals surface area contributed by atoms with Crippen molar-refractivity contribution in [1.82, 2.24) is 0 Å². The molecule has 0 spiro atoms. The summed E-state index contributed by atoms with van der Waals surface area (Å²) in [4.78, 5) is 23.3. The average Bonchev–Trinajstić information content (AvgIpc) is 2.57. The number of allylic oxidation sites excluding steroid dienone is 1. The number of hydrogen-bond donors (Lipinski definition) is 4. The molecule has 128 valence electrons. The van der Waals surface area contributed by atoms with Crippen molar-refractivity contribution in [3.63, 3.8) is 0 Å². The molecule has 1 aliphatic carbocycles. The number of hydrogen-bond acceptors (Lipinski definition) is 5. The molecule has 0 bridgehead atoms. The van der Waals surface area contributed by atoms with Crippen LogP contribution < -0.4 is 11.5 Å². The molecule has 0 amide bonds. The highest BCUT2D eigenvalue weighted by atomic mass is 16.4. The summed E-state index contributed by atoms with van der Waals surface area (Å²) in [6, 6.07) is 7.52. The summed E-state index contributed by atoms with van der Waals surface area (Å²) in [6.45, 7) is 0. The Hall–Kier alpha value is -2.28. The quantitative estimate of drug-likeness (QED) is 0.578.